The van der Waals surface area contributed by atoms with Crippen LogP contribution in [0.1, 0.15) is 35.7 Å². The molecule has 19 heavy (non-hydrogen) atoms. The summed E-state index contributed by atoms with van der Waals surface area (Å²) in [4.78, 5) is 10.9. The van der Waals surface area contributed by atoms with Crippen molar-refractivity contribution in [2.75, 3.05) is 0 Å². The van der Waals surface area contributed by atoms with E-state index in [0.29, 0.717) is 11.5 Å². The highest BCUT2D eigenvalue weighted by Gasteiger charge is 2.08. The van der Waals surface area contributed by atoms with E-state index in [1.165, 1.54) is 17.7 Å². The summed E-state index contributed by atoms with van der Waals surface area (Å²) in [5, 5.41) is 8.93. The number of hydrogen-bond acceptors (Lipinski definition) is 1. The summed E-state index contributed by atoms with van der Waals surface area (Å²) in [6.07, 6.45) is 0. The van der Waals surface area contributed by atoms with Gasteiger partial charge in [-0.15, -0.1) is 0 Å². The summed E-state index contributed by atoms with van der Waals surface area (Å²) in [5.74, 6) is -1.24. The van der Waals surface area contributed by atoms with E-state index in [4.69, 9.17) is 5.11 Å². The van der Waals surface area contributed by atoms with Gasteiger partial charge in [-0.25, -0.2) is 9.18 Å². The molecule has 98 valence electrons. The van der Waals surface area contributed by atoms with Crippen LogP contribution in [-0.2, 0) is 0 Å². The Labute approximate surface area is 111 Å². The predicted octanol–water partition coefficient (Wildman–Crippen LogP) is 4.31. The van der Waals surface area contributed by atoms with E-state index in [1.54, 1.807) is 0 Å². The lowest BCUT2D eigenvalue weighted by atomic mass is 9.98. The summed E-state index contributed by atoms with van der Waals surface area (Å²) in [6, 6.07) is 11.6. The second-order valence-corrected chi connectivity index (χ2v) is 4.81. The molecular formula is C16H15FO2. The fraction of sp³-hybridized carbons (Fsp3) is 0.188. The highest BCUT2D eigenvalue weighted by Crippen LogP contribution is 2.24. The topological polar surface area (TPSA) is 37.3 Å². The van der Waals surface area contributed by atoms with Gasteiger partial charge in [-0.1, -0.05) is 38.1 Å². The number of carboxylic acid groups (broad SMARTS) is 1. The van der Waals surface area contributed by atoms with Gasteiger partial charge < -0.3 is 5.11 Å². The number of hydrogen-bond donors (Lipinski definition) is 1. The third-order valence-corrected chi connectivity index (χ3v) is 3.06. The molecule has 0 saturated heterocycles. The summed E-state index contributed by atoms with van der Waals surface area (Å²) in [5.41, 5.74) is 2.54. The number of carbonyl (C=O) groups is 1. The van der Waals surface area contributed by atoms with E-state index in [0.717, 1.165) is 11.6 Å². The van der Waals surface area contributed by atoms with Crippen molar-refractivity contribution in [3.8, 4) is 11.1 Å². The highest BCUT2D eigenvalue weighted by molar-refractivity contribution is 5.89. The molecule has 0 saturated carbocycles. The van der Waals surface area contributed by atoms with Crippen LogP contribution in [0.2, 0.25) is 0 Å². The smallest absolute Gasteiger partial charge is 0.335 e. The van der Waals surface area contributed by atoms with Crippen molar-refractivity contribution >= 4 is 5.97 Å². The second kappa shape index (κ2) is 5.22. The third-order valence-electron chi connectivity index (χ3n) is 3.06. The lowest BCUT2D eigenvalue weighted by Gasteiger charge is -2.08. The van der Waals surface area contributed by atoms with E-state index in [1.807, 2.05) is 24.3 Å². The van der Waals surface area contributed by atoms with Gasteiger partial charge in [0.15, 0.2) is 0 Å². The molecule has 0 atom stereocenters. The quantitative estimate of drug-likeness (QED) is 0.890. The molecule has 0 aliphatic heterocycles. The number of aromatic carboxylic acids is 1. The molecule has 0 amide bonds. The predicted molar refractivity (Wildman–Crippen MR) is 72.9 cm³/mol. The zero-order valence-corrected chi connectivity index (χ0v) is 10.9. The van der Waals surface area contributed by atoms with Gasteiger partial charge in [0.2, 0.25) is 0 Å². The van der Waals surface area contributed by atoms with E-state index in [2.05, 4.69) is 13.8 Å². The van der Waals surface area contributed by atoms with Crippen molar-refractivity contribution in [2.24, 2.45) is 0 Å². The fourth-order valence-corrected chi connectivity index (χ4v) is 1.94. The summed E-state index contributed by atoms with van der Waals surface area (Å²) in [7, 11) is 0. The van der Waals surface area contributed by atoms with Crippen molar-refractivity contribution in [1.82, 2.24) is 0 Å². The van der Waals surface area contributed by atoms with Crippen LogP contribution in [0.5, 0.6) is 0 Å². The van der Waals surface area contributed by atoms with Gasteiger partial charge in [0.25, 0.3) is 0 Å². The lowest BCUT2D eigenvalue weighted by Crippen LogP contribution is -1.97. The molecule has 0 fully saturated rings. The maximum Gasteiger partial charge on any atom is 0.335 e. The normalized spacial score (nSPS) is 10.7. The summed E-state index contributed by atoms with van der Waals surface area (Å²) in [6.45, 7) is 4.19. The molecule has 2 rings (SSSR count). The zero-order chi connectivity index (χ0) is 14.0. The van der Waals surface area contributed by atoms with Crippen LogP contribution < -0.4 is 0 Å². The second-order valence-electron chi connectivity index (χ2n) is 4.81. The molecule has 0 bridgehead atoms. The SMILES string of the molecule is CC(C)c1ccc(-c2cc(F)cc(C(=O)O)c2)cc1. The van der Waals surface area contributed by atoms with Gasteiger partial charge in [-0.05, 0) is 40.8 Å². The first-order valence-corrected chi connectivity index (χ1v) is 6.11. The van der Waals surface area contributed by atoms with Crippen molar-refractivity contribution in [2.45, 2.75) is 19.8 Å². The maximum atomic E-state index is 13.4. The molecular weight excluding hydrogens is 243 g/mol. The maximum absolute atomic E-state index is 13.4. The minimum Gasteiger partial charge on any atom is -0.478 e. The van der Waals surface area contributed by atoms with Crippen LogP contribution in [-0.4, -0.2) is 11.1 Å². The Balaban J connectivity index is 2.43. The number of carboxylic acids is 1. The Morgan fingerprint density at radius 1 is 1.05 bits per heavy atom. The van der Waals surface area contributed by atoms with Crippen molar-refractivity contribution in [3.63, 3.8) is 0 Å². The Morgan fingerprint density at radius 3 is 2.21 bits per heavy atom. The zero-order valence-electron chi connectivity index (χ0n) is 10.9. The molecule has 0 unspecified atom stereocenters. The minimum atomic E-state index is -1.13. The average Bonchev–Trinajstić information content (AvgIpc) is 2.38. The highest BCUT2D eigenvalue weighted by atomic mass is 19.1. The van der Waals surface area contributed by atoms with E-state index in [9.17, 15) is 9.18 Å². The van der Waals surface area contributed by atoms with Crippen molar-refractivity contribution in [1.29, 1.82) is 0 Å². The molecule has 1 N–H and O–H groups in total. The molecule has 2 aromatic rings. The van der Waals surface area contributed by atoms with Crippen molar-refractivity contribution < 1.29 is 14.3 Å². The van der Waals surface area contributed by atoms with Crippen LogP contribution >= 0.6 is 0 Å². The summed E-state index contributed by atoms with van der Waals surface area (Å²) < 4.78 is 13.4. The standard InChI is InChI=1S/C16H15FO2/c1-10(2)11-3-5-12(6-4-11)13-7-14(16(18)19)9-15(17)8-13/h3-10H,1-2H3,(H,18,19). The van der Waals surface area contributed by atoms with Gasteiger partial charge in [0.05, 0.1) is 5.56 Å². The Bertz CT molecular complexity index is 601. The number of halogens is 1. The Morgan fingerprint density at radius 2 is 1.68 bits per heavy atom. The molecule has 0 aliphatic rings. The molecule has 2 nitrogen and oxygen atoms in total. The molecule has 0 radical (unpaired) electrons. The third kappa shape index (κ3) is 2.99. The van der Waals surface area contributed by atoms with Gasteiger partial charge in [-0.3, -0.25) is 0 Å². The van der Waals surface area contributed by atoms with Crippen molar-refractivity contribution in [3.05, 3.63) is 59.4 Å². The van der Waals surface area contributed by atoms with Crippen LogP contribution in [0, 0.1) is 5.82 Å². The van der Waals surface area contributed by atoms with Gasteiger partial charge >= 0.3 is 5.97 Å². The first-order chi connectivity index (χ1) is 8.97. The van der Waals surface area contributed by atoms with Gasteiger partial charge in [0, 0.05) is 0 Å². The molecule has 0 spiro atoms. The van der Waals surface area contributed by atoms with Crippen LogP contribution in [0.25, 0.3) is 11.1 Å². The van der Waals surface area contributed by atoms with Crippen LogP contribution in [0.3, 0.4) is 0 Å². The lowest BCUT2D eigenvalue weighted by molar-refractivity contribution is 0.0696. The van der Waals surface area contributed by atoms with Gasteiger partial charge in [0.1, 0.15) is 5.82 Å². The van der Waals surface area contributed by atoms with Crippen LogP contribution in [0.4, 0.5) is 4.39 Å². The van der Waals surface area contributed by atoms with E-state index < -0.39 is 11.8 Å². The molecule has 0 aliphatic carbocycles. The first-order valence-electron chi connectivity index (χ1n) is 6.11. The molecule has 3 heteroatoms. The molecule has 2 aromatic carbocycles. The Hall–Kier alpha value is -2.16. The Kier molecular flexibility index (Phi) is 3.65. The molecule has 0 heterocycles. The monoisotopic (exact) mass is 258 g/mol. The van der Waals surface area contributed by atoms with E-state index in [-0.39, 0.29) is 5.56 Å². The largest absolute Gasteiger partial charge is 0.478 e. The fourth-order valence-electron chi connectivity index (χ4n) is 1.94. The first kappa shape index (κ1) is 13.3. The number of rotatable bonds is 3. The average molecular weight is 258 g/mol. The molecule has 0 aromatic heterocycles. The van der Waals surface area contributed by atoms with E-state index >= 15 is 0 Å². The number of benzene rings is 2. The minimum absolute atomic E-state index is 0.0389. The van der Waals surface area contributed by atoms with Gasteiger partial charge in [-0.2, -0.15) is 0 Å². The summed E-state index contributed by atoms with van der Waals surface area (Å²) >= 11 is 0. The van der Waals surface area contributed by atoms with Crippen LogP contribution in [0.15, 0.2) is 42.5 Å².